The lowest BCUT2D eigenvalue weighted by Crippen LogP contribution is -2.32. The Kier molecular flexibility index (Phi) is 9.99. The van der Waals surface area contributed by atoms with Gasteiger partial charge in [0.25, 0.3) is 5.91 Å². The molecular formula is C24H18Cl4N4O5. The molecule has 3 aromatic rings. The van der Waals surface area contributed by atoms with Crippen molar-refractivity contribution in [2.24, 2.45) is 5.10 Å². The van der Waals surface area contributed by atoms with Crippen molar-refractivity contribution in [1.82, 2.24) is 5.43 Å². The fraction of sp³-hybridized carbons (Fsp3) is 0.0833. The Hall–Kier alpha value is -3.50. The second-order valence-electron chi connectivity index (χ2n) is 7.16. The Balaban J connectivity index is 1.54. The van der Waals surface area contributed by atoms with Crippen LogP contribution >= 0.6 is 46.4 Å². The Labute approximate surface area is 231 Å². The molecule has 13 heteroatoms. The van der Waals surface area contributed by atoms with Crippen molar-refractivity contribution in [2.45, 2.75) is 0 Å². The molecule has 3 N–H and O–H groups in total. The zero-order valence-electron chi connectivity index (χ0n) is 19.0. The molecular weight excluding hydrogens is 566 g/mol. The van der Waals surface area contributed by atoms with E-state index in [1.165, 1.54) is 19.4 Å². The molecule has 0 radical (unpaired) electrons. The van der Waals surface area contributed by atoms with Crippen LogP contribution in [-0.4, -0.2) is 37.7 Å². The van der Waals surface area contributed by atoms with E-state index in [9.17, 15) is 14.4 Å². The summed E-state index contributed by atoms with van der Waals surface area (Å²) in [6.07, 6.45) is 1.29. The third-order valence-corrected chi connectivity index (χ3v) is 5.73. The first-order valence-corrected chi connectivity index (χ1v) is 11.8. The molecule has 0 fully saturated rings. The molecule has 0 aromatic heterocycles. The number of rotatable bonds is 8. The van der Waals surface area contributed by atoms with Gasteiger partial charge in [-0.2, -0.15) is 5.10 Å². The Morgan fingerprint density at radius 2 is 1.62 bits per heavy atom. The summed E-state index contributed by atoms with van der Waals surface area (Å²) in [7, 11) is 1.42. The highest BCUT2D eigenvalue weighted by molar-refractivity contribution is 6.45. The first-order chi connectivity index (χ1) is 17.7. The van der Waals surface area contributed by atoms with Crippen LogP contribution in [0.3, 0.4) is 0 Å². The van der Waals surface area contributed by atoms with Crippen LogP contribution in [0.25, 0.3) is 0 Å². The number of methoxy groups -OCH3 is 1. The number of carbonyl (C=O) groups excluding carboxylic acids is 3. The lowest BCUT2D eigenvalue weighted by Gasteiger charge is -2.12. The minimum Gasteiger partial charge on any atom is -0.493 e. The smallest absolute Gasteiger partial charge is 0.329 e. The van der Waals surface area contributed by atoms with E-state index in [2.05, 4.69) is 21.2 Å². The molecule has 0 bridgehead atoms. The van der Waals surface area contributed by atoms with Crippen LogP contribution in [0.5, 0.6) is 11.5 Å². The van der Waals surface area contributed by atoms with E-state index in [-0.39, 0.29) is 22.3 Å². The molecule has 0 aliphatic heterocycles. The standard InChI is InChI=1S/C24H18Cl4N4O5/c1-36-20-7-13(11-29-32-24(35)23(34)31-18-4-2-3-17(27)22(18)28)5-6-19(20)37-12-21(33)30-16-9-14(25)8-15(26)10-16/h2-11H,12H2,1H3,(H,30,33)(H,31,34)(H,32,35)/b29-11-. The average Bonchev–Trinajstić information content (AvgIpc) is 2.85. The number of halogens is 4. The SMILES string of the molecule is COc1cc(/C=N\NC(=O)C(=O)Nc2cccc(Cl)c2Cl)ccc1OCC(=O)Nc1cc(Cl)cc(Cl)c1. The highest BCUT2D eigenvalue weighted by atomic mass is 35.5. The van der Waals surface area contributed by atoms with E-state index in [0.717, 1.165) is 0 Å². The summed E-state index contributed by atoms with van der Waals surface area (Å²) in [5.41, 5.74) is 3.23. The predicted octanol–water partition coefficient (Wildman–Crippen LogP) is 5.42. The quantitative estimate of drug-likeness (QED) is 0.186. The van der Waals surface area contributed by atoms with E-state index in [0.29, 0.717) is 32.8 Å². The number of benzene rings is 3. The van der Waals surface area contributed by atoms with Gasteiger partial charge in [0, 0.05) is 15.7 Å². The van der Waals surface area contributed by atoms with Crippen LogP contribution in [0.1, 0.15) is 5.56 Å². The van der Waals surface area contributed by atoms with Crippen LogP contribution in [0.2, 0.25) is 20.1 Å². The molecule has 3 rings (SSSR count). The van der Waals surface area contributed by atoms with Gasteiger partial charge in [0.1, 0.15) is 0 Å². The normalized spacial score (nSPS) is 10.6. The molecule has 3 amide bonds. The first-order valence-electron chi connectivity index (χ1n) is 10.3. The number of hydrogen-bond donors (Lipinski definition) is 3. The number of nitrogens with zero attached hydrogens (tertiary/aromatic N) is 1. The van der Waals surface area contributed by atoms with Crippen molar-refractivity contribution in [3.63, 3.8) is 0 Å². The number of carbonyl (C=O) groups is 3. The molecule has 0 atom stereocenters. The summed E-state index contributed by atoms with van der Waals surface area (Å²) < 4.78 is 10.8. The van der Waals surface area contributed by atoms with Crippen LogP contribution in [-0.2, 0) is 14.4 Å². The second-order valence-corrected chi connectivity index (χ2v) is 8.82. The van der Waals surface area contributed by atoms with E-state index in [1.807, 2.05) is 0 Å². The van der Waals surface area contributed by atoms with Gasteiger partial charge < -0.3 is 20.1 Å². The van der Waals surface area contributed by atoms with Gasteiger partial charge in [-0.05, 0) is 54.1 Å². The zero-order valence-corrected chi connectivity index (χ0v) is 22.0. The molecule has 37 heavy (non-hydrogen) atoms. The predicted molar refractivity (Wildman–Crippen MR) is 144 cm³/mol. The van der Waals surface area contributed by atoms with Crippen LogP contribution in [0.15, 0.2) is 59.7 Å². The molecule has 0 aliphatic rings. The molecule has 0 heterocycles. The van der Waals surface area contributed by atoms with Crippen LogP contribution < -0.4 is 25.5 Å². The zero-order chi connectivity index (χ0) is 26.9. The molecule has 192 valence electrons. The number of nitrogens with one attached hydrogen (secondary N) is 3. The number of hydrogen-bond acceptors (Lipinski definition) is 6. The van der Waals surface area contributed by atoms with Gasteiger partial charge >= 0.3 is 11.8 Å². The molecule has 0 saturated carbocycles. The third kappa shape index (κ3) is 8.26. The molecule has 0 saturated heterocycles. The van der Waals surface area contributed by atoms with Gasteiger partial charge in [-0.3, -0.25) is 14.4 Å². The average molecular weight is 584 g/mol. The van der Waals surface area contributed by atoms with Crippen molar-refractivity contribution >= 4 is 81.7 Å². The molecule has 9 nitrogen and oxygen atoms in total. The monoisotopic (exact) mass is 582 g/mol. The van der Waals surface area contributed by atoms with Gasteiger partial charge in [-0.25, -0.2) is 5.43 Å². The summed E-state index contributed by atoms with van der Waals surface area (Å²) in [6, 6.07) is 14.0. The second kappa shape index (κ2) is 13.2. The fourth-order valence-electron chi connectivity index (χ4n) is 2.85. The lowest BCUT2D eigenvalue weighted by atomic mass is 10.2. The van der Waals surface area contributed by atoms with Gasteiger partial charge in [-0.15, -0.1) is 0 Å². The van der Waals surface area contributed by atoms with E-state index >= 15 is 0 Å². The molecule has 0 aliphatic carbocycles. The Morgan fingerprint density at radius 3 is 2.32 bits per heavy atom. The van der Waals surface area contributed by atoms with Gasteiger partial charge in [0.2, 0.25) is 0 Å². The van der Waals surface area contributed by atoms with Gasteiger partial charge in [0.15, 0.2) is 18.1 Å². The fourth-order valence-corrected chi connectivity index (χ4v) is 3.72. The number of amides is 3. The van der Waals surface area contributed by atoms with Crippen LogP contribution in [0, 0.1) is 0 Å². The lowest BCUT2D eigenvalue weighted by molar-refractivity contribution is -0.136. The van der Waals surface area contributed by atoms with E-state index < -0.39 is 17.7 Å². The minimum atomic E-state index is -1.02. The Bertz CT molecular complexity index is 1350. The van der Waals surface area contributed by atoms with Crippen molar-refractivity contribution < 1.29 is 23.9 Å². The maximum atomic E-state index is 12.2. The van der Waals surface area contributed by atoms with Crippen molar-refractivity contribution in [3.05, 3.63) is 80.3 Å². The summed E-state index contributed by atoms with van der Waals surface area (Å²) in [5.74, 6) is -1.85. The van der Waals surface area contributed by atoms with Crippen LogP contribution in [0.4, 0.5) is 11.4 Å². The number of hydrazone groups is 1. The first kappa shape index (κ1) is 28.1. The van der Waals surface area contributed by atoms with Gasteiger partial charge in [-0.1, -0.05) is 52.5 Å². The van der Waals surface area contributed by atoms with E-state index in [1.54, 1.807) is 48.5 Å². The Morgan fingerprint density at radius 1 is 0.892 bits per heavy atom. The highest BCUT2D eigenvalue weighted by Gasteiger charge is 2.15. The largest absolute Gasteiger partial charge is 0.493 e. The maximum absolute atomic E-state index is 12.2. The van der Waals surface area contributed by atoms with Crippen molar-refractivity contribution in [2.75, 3.05) is 24.4 Å². The molecule has 3 aromatic carbocycles. The third-order valence-electron chi connectivity index (χ3n) is 4.48. The van der Waals surface area contributed by atoms with Crippen molar-refractivity contribution in [1.29, 1.82) is 0 Å². The maximum Gasteiger partial charge on any atom is 0.329 e. The summed E-state index contributed by atoms with van der Waals surface area (Å²) in [4.78, 5) is 36.3. The summed E-state index contributed by atoms with van der Waals surface area (Å²) in [5, 5.41) is 9.83. The summed E-state index contributed by atoms with van der Waals surface area (Å²) in [6.45, 7) is -0.310. The highest BCUT2D eigenvalue weighted by Crippen LogP contribution is 2.30. The van der Waals surface area contributed by atoms with E-state index in [4.69, 9.17) is 55.9 Å². The number of ether oxygens (including phenoxy) is 2. The summed E-state index contributed by atoms with van der Waals surface area (Å²) >= 11 is 23.7. The molecule has 0 spiro atoms. The van der Waals surface area contributed by atoms with Gasteiger partial charge in [0.05, 0.1) is 29.1 Å². The number of anilines is 2. The molecule has 0 unspecified atom stereocenters. The van der Waals surface area contributed by atoms with Crippen molar-refractivity contribution in [3.8, 4) is 11.5 Å². The minimum absolute atomic E-state index is 0.106. The topological polar surface area (TPSA) is 118 Å².